The van der Waals surface area contributed by atoms with Crippen LogP contribution in [-0.4, -0.2) is 56.4 Å². The van der Waals surface area contributed by atoms with Crippen molar-refractivity contribution in [1.82, 2.24) is 9.29 Å². The minimum atomic E-state index is -3.19. The van der Waals surface area contributed by atoms with Crippen molar-refractivity contribution in [3.63, 3.8) is 0 Å². The van der Waals surface area contributed by atoms with E-state index < -0.39 is 10.0 Å². The molecular formula is C17H26N2O4S. The minimum absolute atomic E-state index is 0.0784. The molecule has 1 aromatic heterocycles. The molecule has 134 valence electrons. The molecule has 0 aliphatic carbocycles. The first kappa shape index (κ1) is 17.8. The Kier molecular flexibility index (Phi) is 5.24. The van der Waals surface area contributed by atoms with Gasteiger partial charge in [0.05, 0.1) is 31.3 Å². The third-order valence-electron chi connectivity index (χ3n) is 5.01. The molecule has 0 N–H and O–H groups in total. The van der Waals surface area contributed by atoms with Gasteiger partial charge in [0.25, 0.3) is 0 Å². The molecule has 0 spiro atoms. The molecule has 0 saturated carbocycles. The van der Waals surface area contributed by atoms with Gasteiger partial charge in [-0.05, 0) is 38.3 Å². The number of ether oxygens (including phenoxy) is 2. The van der Waals surface area contributed by atoms with Gasteiger partial charge in [0, 0.05) is 30.8 Å². The summed E-state index contributed by atoms with van der Waals surface area (Å²) in [5.41, 5.74) is 1.62. The molecule has 3 rings (SSSR count). The van der Waals surface area contributed by atoms with E-state index in [1.165, 1.54) is 6.26 Å². The Labute approximate surface area is 144 Å². The quantitative estimate of drug-likeness (QED) is 0.806. The zero-order valence-corrected chi connectivity index (χ0v) is 15.2. The van der Waals surface area contributed by atoms with Gasteiger partial charge in [0.2, 0.25) is 10.0 Å². The lowest BCUT2D eigenvalue weighted by molar-refractivity contribution is -0.144. The summed E-state index contributed by atoms with van der Waals surface area (Å²) >= 11 is 0. The number of pyridine rings is 1. The van der Waals surface area contributed by atoms with Crippen molar-refractivity contribution in [3.8, 4) is 0 Å². The summed E-state index contributed by atoms with van der Waals surface area (Å²) in [5.74, 6) is 0. The van der Waals surface area contributed by atoms with Crippen LogP contribution in [0.2, 0.25) is 0 Å². The van der Waals surface area contributed by atoms with E-state index in [0.29, 0.717) is 26.3 Å². The average Bonchev–Trinajstić information content (AvgIpc) is 2.53. The van der Waals surface area contributed by atoms with Crippen molar-refractivity contribution < 1.29 is 17.9 Å². The molecule has 0 radical (unpaired) electrons. The second kappa shape index (κ2) is 7.07. The van der Waals surface area contributed by atoms with Crippen LogP contribution in [-0.2, 0) is 26.1 Å². The highest BCUT2D eigenvalue weighted by Crippen LogP contribution is 2.41. The van der Waals surface area contributed by atoms with Crippen LogP contribution in [0.25, 0.3) is 0 Å². The maximum atomic E-state index is 12.0. The van der Waals surface area contributed by atoms with E-state index in [9.17, 15) is 8.42 Å². The number of hydrogen-bond acceptors (Lipinski definition) is 5. The van der Waals surface area contributed by atoms with Gasteiger partial charge in [-0.3, -0.25) is 4.98 Å². The maximum absolute atomic E-state index is 12.0. The summed E-state index contributed by atoms with van der Waals surface area (Å²) in [5, 5.41) is 0. The Morgan fingerprint density at radius 3 is 3.04 bits per heavy atom. The van der Waals surface area contributed by atoms with Crippen LogP contribution in [0.5, 0.6) is 0 Å². The first-order chi connectivity index (χ1) is 11.4. The molecule has 2 fully saturated rings. The van der Waals surface area contributed by atoms with E-state index in [1.807, 2.05) is 25.1 Å². The van der Waals surface area contributed by atoms with Gasteiger partial charge in [-0.1, -0.05) is 6.07 Å². The zero-order chi connectivity index (χ0) is 17.2. The van der Waals surface area contributed by atoms with Crippen molar-refractivity contribution in [2.24, 2.45) is 5.41 Å². The van der Waals surface area contributed by atoms with Crippen LogP contribution in [0, 0.1) is 12.3 Å². The van der Waals surface area contributed by atoms with Crippen LogP contribution in [0.3, 0.4) is 0 Å². The number of rotatable bonds is 5. The lowest BCUT2D eigenvalue weighted by Gasteiger charge is -2.49. The molecule has 6 nitrogen and oxygen atoms in total. The predicted octanol–water partition coefficient (Wildman–Crippen LogP) is 1.74. The maximum Gasteiger partial charge on any atom is 0.211 e. The third kappa shape index (κ3) is 3.96. The molecule has 3 heterocycles. The smallest absolute Gasteiger partial charge is 0.211 e. The molecule has 24 heavy (non-hydrogen) atoms. The number of hydrogen-bond donors (Lipinski definition) is 0. The number of sulfonamides is 1. The van der Waals surface area contributed by atoms with Crippen molar-refractivity contribution in [3.05, 3.63) is 29.6 Å². The van der Waals surface area contributed by atoms with Crippen molar-refractivity contribution in [1.29, 1.82) is 0 Å². The van der Waals surface area contributed by atoms with E-state index >= 15 is 0 Å². The van der Waals surface area contributed by atoms with Gasteiger partial charge in [0.1, 0.15) is 0 Å². The van der Waals surface area contributed by atoms with E-state index in [0.717, 1.165) is 37.3 Å². The minimum Gasteiger partial charge on any atom is -0.377 e. The van der Waals surface area contributed by atoms with Gasteiger partial charge in [-0.15, -0.1) is 0 Å². The highest BCUT2D eigenvalue weighted by molar-refractivity contribution is 7.88. The lowest BCUT2D eigenvalue weighted by atomic mass is 9.73. The second-order valence-corrected chi connectivity index (χ2v) is 8.96. The first-order valence-electron chi connectivity index (χ1n) is 8.46. The van der Waals surface area contributed by atoms with Crippen LogP contribution in [0.4, 0.5) is 0 Å². The Morgan fingerprint density at radius 1 is 1.46 bits per heavy atom. The number of aromatic nitrogens is 1. The number of fused-ring (bicyclic) bond motifs is 1. The van der Waals surface area contributed by atoms with E-state index in [2.05, 4.69) is 4.98 Å². The van der Waals surface area contributed by atoms with Crippen molar-refractivity contribution >= 4 is 10.0 Å². The molecule has 2 aliphatic heterocycles. The zero-order valence-electron chi connectivity index (χ0n) is 14.4. The Bertz CT molecular complexity index is 679. The average molecular weight is 354 g/mol. The summed E-state index contributed by atoms with van der Waals surface area (Å²) in [7, 11) is -3.19. The topological polar surface area (TPSA) is 68.7 Å². The summed E-state index contributed by atoms with van der Waals surface area (Å²) in [4.78, 5) is 4.45. The molecule has 0 unspecified atom stereocenters. The third-order valence-corrected chi connectivity index (χ3v) is 6.26. The Hall–Kier alpha value is -1.02. The van der Waals surface area contributed by atoms with Crippen LogP contribution >= 0.6 is 0 Å². The fourth-order valence-electron chi connectivity index (χ4n) is 3.78. The summed E-state index contributed by atoms with van der Waals surface area (Å²) in [6.07, 6.45) is 3.97. The van der Waals surface area contributed by atoms with Crippen molar-refractivity contribution in [2.45, 2.75) is 38.9 Å². The largest absolute Gasteiger partial charge is 0.377 e. The molecule has 2 aliphatic rings. The molecule has 2 atom stereocenters. The molecule has 0 aromatic carbocycles. The SMILES string of the molecule is Cc1cccc(COC[C@]23CCCO[C@H]2CCN(S(C)(=O)=O)C3)n1. The van der Waals surface area contributed by atoms with Crippen molar-refractivity contribution in [2.75, 3.05) is 32.6 Å². The van der Waals surface area contributed by atoms with Gasteiger partial charge in [-0.25, -0.2) is 12.7 Å². The van der Waals surface area contributed by atoms with Crippen LogP contribution in [0.1, 0.15) is 30.7 Å². The van der Waals surface area contributed by atoms with Crippen LogP contribution in [0.15, 0.2) is 18.2 Å². The van der Waals surface area contributed by atoms with Gasteiger partial charge < -0.3 is 9.47 Å². The van der Waals surface area contributed by atoms with E-state index in [4.69, 9.17) is 9.47 Å². The van der Waals surface area contributed by atoms with E-state index in [-0.39, 0.29) is 11.5 Å². The second-order valence-electron chi connectivity index (χ2n) is 6.97. The summed E-state index contributed by atoms with van der Waals surface area (Å²) < 4.78 is 37.4. The summed E-state index contributed by atoms with van der Waals surface area (Å²) in [6.45, 7) is 4.67. The lowest BCUT2D eigenvalue weighted by Crippen LogP contribution is -2.57. The molecule has 2 saturated heterocycles. The Morgan fingerprint density at radius 2 is 2.29 bits per heavy atom. The highest BCUT2D eigenvalue weighted by atomic mass is 32.2. The molecule has 7 heteroatoms. The Balaban J connectivity index is 1.69. The van der Waals surface area contributed by atoms with Gasteiger partial charge in [-0.2, -0.15) is 0 Å². The molecule has 0 amide bonds. The van der Waals surface area contributed by atoms with Gasteiger partial charge >= 0.3 is 0 Å². The fourth-order valence-corrected chi connectivity index (χ4v) is 4.71. The van der Waals surface area contributed by atoms with Gasteiger partial charge in [0.15, 0.2) is 0 Å². The number of nitrogens with zero attached hydrogens (tertiary/aromatic N) is 2. The standard InChI is InChI=1S/C17H26N2O4S/c1-14-5-3-6-15(18-14)11-22-13-17-8-4-10-23-16(17)7-9-19(12-17)24(2,20)21/h3,5-6,16H,4,7-13H2,1-2H3/t16-,17+/m0/s1. The van der Waals surface area contributed by atoms with Crippen LogP contribution < -0.4 is 0 Å². The normalized spacial score (nSPS) is 28.5. The monoisotopic (exact) mass is 354 g/mol. The highest BCUT2D eigenvalue weighted by Gasteiger charge is 2.47. The van der Waals surface area contributed by atoms with E-state index in [1.54, 1.807) is 4.31 Å². The first-order valence-corrected chi connectivity index (χ1v) is 10.3. The molecule has 0 bridgehead atoms. The number of piperidine rings is 1. The number of aryl methyl sites for hydroxylation is 1. The predicted molar refractivity (Wildman–Crippen MR) is 91.1 cm³/mol. The molecule has 1 aromatic rings. The fraction of sp³-hybridized carbons (Fsp3) is 0.706. The molecular weight excluding hydrogens is 328 g/mol. The summed E-state index contributed by atoms with van der Waals surface area (Å²) in [6, 6.07) is 5.87.